The molecule has 0 spiro atoms. The van der Waals surface area contributed by atoms with Gasteiger partial charge in [-0.25, -0.2) is 25.2 Å². The highest BCUT2D eigenvalue weighted by Crippen LogP contribution is 2.48. The minimum absolute atomic E-state index is 0.0173. The molecule has 0 unspecified atom stereocenters. The van der Waals surface area contributed by atoms with Gasteiger partial charge < -0.3 is 24.6 Å². The fourth-order valence-electron chi connectivity index (χ4n) is 5.09. The van der Waals surface area contributed by atoms with Gasteiger partial charge in [-0.3, -0.25) is 13.7 Å². The third-order valence-corrected chi connectivity index (χ3v) is 12.9. The second-order valence-electron chi connectivity index (χ2n) is 11.4. The predicted molar refractivity (Wildman–Crippen MR) is 205 cm³/mol. The van der Waals surface area contributed by atoms with Gasteiger partial charge in [0, 0.05) is 30.0 Å². The number of rotatable bonds is 19. The van der Waals surface area contributed by atoms with Crippen molar-refractivity contribution < 1.29 is 83.4 Å². The Hall–Kier alpha value is -5.11. The second kappa shape index (κ2) is 18.0. The van der Waals surface area contributed by atoms with Crippen LogP contribution in [0.2, 0.25) is 0 Å². The van der Waals surface area contributed by atoms with Crippen molar-refractivity contribution in [2.45, 2.75) is 14.7 Å². The molecule has 0 amide bonds. The first-order chi connectivity index (χ1) is 27.4. The molecule has 322 valence electrons. The molecular weight excluding hydrogens is 895 g/mol. The van der Waals surface area contributed by atoms with Crippen LogP contribution in [0.1, 0.15) is 0 Å². The molecule has 0 heterocycles. The standard InChI is InChI=1S/C30H33N5O19S5/c1-31-20-7-6-18-19(28(20)34-33-22-13-17(5-8-24(22)50-2)55(37,38)11-9-53-58(44,45)46)14-27(57(41,42)43)29(30(18)52-4)35-32-21-15-25(51-3)26(16-23(21)36)56(39,40)12-10-54-59(47,48)49/h5-8,13-16,31,36H,9-12H2,1-4H3,(H,41,42,43)(H,44,45,46)(H,47,48,49)/b34-33+,35-32+. The number of aromatic hydroxyl groups is 1. The van der Waals surface area contributed by atoms with Crippen molar-refractivity contribution in [1.82, 2.24) is 0 Å². The molecule has 0 bridgehead atoms. The van der Waals surface area contributed by atoms with E-state index in [1.807, 2.05) is 0 Å². The number of nitrogens with zero attached hydrogens (tertiary/aromatic N) is 4. The molecule has 4 aromatic rings. The molecular formula is C30H33N5O19S5. The first kappa shape index (κ1) is 46.6. The van der Waals surface area contributed by atoms with Crippen LogP contribution >= 0.6 is 0 Å². The van der Waals surface area contributed by atoms with Crippen LogP contribution in [0, 0.1) is 0 Å². The Morgan fingerprint density at radius 1 is 0.593 bits per heavy atom. The summed E-state index contributed by atoms with van der Waals surface area (Å²) >= 11 is 0. The molecule has 0 atom stereocenters. The highest BCUT2D eigenvalue weighted by Gasteiger charge is 2.27. The van der Waals surface area contributed by atoms with Gasteiger partial charge in [0.25, 0.3) is 10.1 Å². The van der Waals surface area contributed by atoms with E-state index in [2.05, 4.69) is 34.1 Å². The van der Waals surface area contributed by atoms with E-state index in [4.69, 9.17) is 23.3 Å². The van der Waals surface area contributed by atoms with Crippen LogP contribution in [0.15, 0.2) is 83.7 Å². The number of fused-ring (bicyclic) bond motifs is 1. The van der Waals surface area contributed by atoms with Crippen LogP contribution in [0.25, 0.3) is 10.8 Å². The maximum atomic E-state index is 12.9. The fourth-order valence-corrected chi connectivity index (χ4v) is 8.91. The first-order valence-corrected chi connectivity index (χ1v) is 23.3. The summed E-state index contributed by atoms with van der Waals surface area (Å²) in [5, 5.41) is 29.7. The molecule has 0 fully saturated rings. The summed E-state index contributed by atoms with van der Waals surface area (Å²) in [7, 11) is -18.8. The zero-order valence-electron chi connectivity index (χ0n) is 30.7. The number of anilines is 1. The highest BCUT2D eigenvalue weighted by molar-refractivity contribution is 7.92. The molecule has 0 aliphatic heterocycles. The SMILES string of the molecule is CNc1ccc2c(OC)c(/N=N/c3cc(OC)c(S(=O)(=O)CCOS(=O)(=O)O)cc3O)c(S(=O)(=O)O)cc2c1/N=N/c1cc(S(=O)(=O)CCOS(=O)(=O)O)ccc1OC. The van der Waals surface area contributed by atoms with Crippen molar-refractivity contribution in [3.63, 3.8) is 0 Å². The Morgan fingerprint density at radius 3 is 1.71 bits per heavy atom. The zero-order valence-corrected chi connectivity index (χ0v) is 34.8. The number of hydrogen-bond acceptors (Lipinski definition) is 21. The summed E-state index contributed by atoms with van der Waals surface area (Å²) < 4.78 is 173. The van der Waals surface area contributed by atoms with Crippen molar-refractivity contribution in [3.05, 3.63) is 48.5 Å². The van der Waals surface area contributed by atoms with E-state index in [-0.39, 0.29) is 44.2 Å². The van der Waals surface area contributed by atoms with Gasteiger partial charge in [-0.15, -0.1) is 20.5 Å². The molecule has 0 aliphatic rings. The summed E-state index contributed by atoms with van der Waals surface area (Å²) in [5.41, 5.74) is -1.13. The summed E-state index contributed by atoms with van der Waals surface area (Å²) in [6.45, 7) is -1.89. The minimum Gasteiger partial charge on any atom is -0.506 e. The van der Waals surface area contributed by atoms with Gasteiger partial charge in [0.05, 0.1) is 56.6 Å². The molecule has 4 rings (SSSR count). The van der Waals surface area contributed by atoms with E-state index >= 15 is 0 Å². The van der Waals surface area contributed by atoms with Crippen LogP contribution < -0.4 is 19.5 Å². The molecule has 5 N–H and O–H groups in total. The summed E-state index contributed by atoms with van der Waals surface area (Å²) in [6, 6.07) is 8.85. The molecule has 24 nitrogen and oxygen atoms in total. The Balaban J connectivity index is 1.86. The maximum absolute atomic E-state index is 12.9. The van der Waals surface area contributed by atoms with Gasteiger partial charge in [0.1, 0.15) is 49.8 Å². The number of azo groups is 2. The van der Waals surface area contributed by atoms with Gasteiger partial charge in [-0.2, -0.15) is 25.3 Å². The Bertz CT molecular complexity index is 2900. The van der Waals surface area contributed by atoms with Gasteiger partial charge in [0.15, 0.2) is 25.4 Å². The average molecular weight is 928 g/mol. The molecule has 0 aromatic heterocycles. The lowest BCUT2D eigenvalue weighted by Crippen LogP contribution is -2.16. The van der Waals surface area contributed by atoms with Crippen LogP contribution in [-0.4, -0.2) is 114 Å². The number of phenolic OH excluding ortho intramolecular Hbond substituents is 1. The van der Waals surface area contributed by atoms with Gasteiger partial charge >= 0.3 is 20.8 Å². The molecule has 0 radical (unpaired) electrons. The van der Waals surface area contributed by atoms with Crippen molar-refractivity contribution >= 4 is 89.8 Å². The third kappa shape index (κ3) is 11.6. The van der Waals surface area contributed by atoms with E-state index < -0.39 is 108 Å². The van der Waals surface area contributed by atoms with E-state index in [0.29, 0.717) is 6.07 Å². The Morgan fingerprint density at radius 2 is 1.17 bits per heavy atom. The topological polar surface area (TPSA) is 359 Å². The monoisotopic (exact) mass is 927 g/mol. The summed E-state index contributed by atoms with van der Waals surface area (Å²) in [4.78, 5) is -1.92. The lowest BCUT2D eigenvalue weighted by Gasteiger charge is -2.15. The van der Waals surface area contributed by atoms with Crippen LogP contribution in [0.3, 0.4) is 0 Å². The molecule has 4 aromatic carbocycles. The van der Waals surface area contributed by atoms with Gasteiger partial charge in [-0.1, -0.05) is 0 Å². The molecule has 0 saturated carbocycles. The lowest BCUT2D eigenvalue weighted by molar-refractivity contribution is 0.282. The number of hydrogen-bond donors (Lipinski definition) is 5. The van der Waals surface area contributed by atoms with Crippen molar-refractivity contribution in [2.75, 3.05) is 58.4 Å². The molecule has 29 heteroatoms. The largest absolute Gasteiger partial charge is 0.506 e. The normalized spacial score (nSPS) is 13.0. The molecule has 59 heavy (non-hydrogen) atoms. The Kier molecular flexibility index (Phi) is 14.2. The van der Waals surface area contributed by atoms with Crippen molar-refractivity contribution in [3.8, 4) is 23.0 Å². The molecule has 0 saturated heterocycles. The van der Waals surface area contributed by atoms with Crippen molar-refractivity contribution in [1.29, 1.82) is 0 Å². The van der Waals surface area contributed by atoms with E-state index in [1.54, 1.807) is 0 Å². The predicted octanol–water partition coefficient (Wildman–Crippen LogP) is 3.88. The number of sulfone groups is 2. The smallest absolute Gasteiger partial charge is 0.397 e. The van der Waals surface area contributed by atoms with E-state index in [0.717, 1.165) is 38.5 Å². The first-order valence-electron chi connectivity index (χ1n) is 15.8. The number of ether oxygens (including phenoxy) is 3. The Labute approximate surface area is 337 Å². The number of benzene rings is 4. The number of phenols is 1. The number of methoxy groups -OCH3 is 3. The molecule has 0 aliphatic carbocycles. The van der Waals surface area contributed by atoms with Crippen LogP contribution in [-0.2, 0) is 59.0 Å². The van der Waals surface area contributed by atoms with Gasteiger partial charge in [0.2, 0.25) is 0 Å². The number of nitrogens with one attached hydrogen (secondary N) is 1. The lowest BCUT2D eigenvalue weighted by atomic mass is 10.0. The minimum atomic E-state index is -5.20. The van der Waals surface area contributed by atoms with Crippen molar-refractivity contribution in [2.24, 2.45) is 20.5 Å². The second-order valence-corrected chi connectivity index (χ2v) is 19.2. The summed E-state index contributed by atoms with van der Waals surface area (Å²) in [6.07, 6.45) is 0. The van der Waals surface area contributed by atoms with Crippen LogP contribution in [0.4, 0.5) is 28.4 Å². The summed E-state index contributed by atoms with van der Waals surface area (Å²) in [5.74, 6) is -3.41. The van der Waals surface area contributed by atoms with E-state index in [9.17, 15) is 51.7 Å². The zero-order chi connectivity index (χ0) is 44.1. The maximum Gasteiger partial charge on any atom is 0.397 e. The van der Waals surface area contributed by atoms with Gasteiger partial charge in [-0.05, 0) is 36.4 Å². The van der Waals surface area contributed by atoms with Crippen LogP contribution in [0.5, 0.6) is 23.0 Å². The third-order valence-electron chi connectivity index (χ3n) is 7.73. The average Bonchev–Trinajstić information content (AvgIpc) is 3.13. The fraction of sp³-hybridized carbons (Fsp3) is 0.267. The highest BCUT2D eigenvalue weighted by atomic mass is 32.3. The van der Waals surface area contributed by atoms with E-state index in [1.165, 1.54) is 32.4 Å². The quantitative estimate of drug-likeness (QED) is 0.0658.